The van der Waals surface area contributed by atoms with Gasteiger partial charge in [0.2, 0.25) is 0 Å². The van der Waals surface area contributed by atoms with Crippen LogP contribution in [0.2, 0.25) is 0 Å². The first kappa shape index (κ1) is 9.37. The van der Waals surface area contributed by atoms with E-state index in [4.69, 9.17) is 5.73 Å². The lowest BCUT2D eigenvalue weighted by Crippen LogP contribution is -1.98. The molecule has 72 valence electrons. The number of rotatable bonds is 2. The molecule has 0 saturated heterocycles. The van der Waals surface area contributed by atoms with Crippen LogP contribution in [0.4, 0.5) is 0 Å². The third-order valence-electron chi connectivity index (χ3n) is 2.00. The van der Waals surface area contributed by atoms with E-state index in [-0.39, 0.29) is 0 Å². The molecular weight excluding hydrogens is 192 g/mol. The van der Waals surface area contributed by atoms with Crippen molar-refractivity contribution in [3.63, 3.8) is 0 Å². The van der Waals surface area contributed by atoms with Crippen molar-refractivity contribution in [1.29, 1.82) is 0 Å². The number of aromatic nitrogens is 1. The van der Waals surface area contributed by atoms with Crippen LogP contribution in [0.3, 0.4) is 0 Å². The molecule has 1 aromatic carbocycles. The van der Waals surface area contributed by atoms with Crippen LogP contribution in [0.5, 0.6) is 0 Å². The molecule has 3 heteroatoms. The molecule has 1 heterocycles. The summed E-state index contributed by atoms with van der Waals surface area (Å²) >= 11 is 1.70. The van der Waals surface area contributed by atoms with Crippen molar-refractivity contribution >= 4 is 27.6 Å². The Kier molecular flexibility index (Phi) is 2.61. The Morgan fingerprint density at radius 1 is 1.50 bits per heavy atom. The first-order chi connectivity index (χ1) is 6.79. The summed E-state index contributed by atoms with van der Waals surface area (Å²) in [7, 11) is 0. The molecule has 0 aliphatic carbocycles. The van der Waals surface area contributed by atoms with Gasteiger partial charge in [-0.15, -0.1) is 11.3 Å². The van der Waals surface area contributed by atoms with Gasteiger partial charge in [-0.05, 0) is 25.1 Å². The van der Waals surface area contributed by atoms with Gasteiger partial charge in [0.1, 0.15) is 5.01 Å². The van der Waals surface area contributed by atoms with Crippen LogP contribution in [0.15, 0.2) is 29.8 Å². The van der Waals surface area contributed by atoms with Gasteiger partial charge in [0.05, 0.1) is 10.2 Å². The van der Waals surface area contributed by atoms with E-state index in [1.165, 1.54) is 4.70 Å². The quantitative estimate of drug-likeness (QED) is 0.816. The van der Waals surface area contributed by atoms with E-state index in [0.717, 1.165) is 16.1 Å². The number of hydrogen-bond acceptors (Lipinski definition) is 3. The fourth-order valence-corrected chi connectivity index (χ4v) is 2.22. The number of fused-ring (bicyclic) bond motifs is 1. The average molecular weight is 204 g/mol. The summed E-state index contributed by atoms with van der Waals surface area (Å²) in [5, 5.41) is 1.04. The fourth-order valence-electron chi connectivity index (χ4n) is 1.22. The summed E-state index contributed by atoms with van der Waals surface area (Å²) in [6.45, 7) is 2.61. The maximum absolute atomic E-state index is 5.52. The second kappa shape index (κ2) is 3.90. The zero-order valence-corrected chi connectivity index (χ0v) is 8.84. The summed E-state index contributed by atoms with van der Waals surface area (Å²) in [6, 6.07) is 8.15. The molecule has 0 bridgehead atoms. The van der Waals surface area contributed by atoms with Crippen LogP contribution in [0.25, 0.3) is 16.3 Å². The topological polar surface area (TPSA) is 38.9 Å². The molecule has 0 amide bonds. The molecule has 0 radical (unpaired) electrons. The lowest BCUT2D eigenvalue weighted by molar-refractivity contribution is 1.15. The Bertz CT molecular complexity index is 438. The van der Waals surface area contributed by atoms with E-state index < -0.39 is 0 Å². The van der Waals surface area contributed by atoms with Crippen molar-refractivity contribution in [1.82, 2.24) is 4.98 Å². The zero-order chi connectivity index (χ0) is 9.97. The van der Waals surface area contributed by atoms with Gasteiger partial charge in [-0.3, -0.25) is 0 Å². The number of nitrogens with zero attached hydrogens (tertiary/aromatic N) is 1. The summed E-state index contributed by atoms with van der Waals surface area (Å²) in [5.74, 6) is 0. The molecule has 2 N–H and O–H groups in total. The molecule has 0 aliphatic heterocycles. The highest BCUT2D eigenvalue weighted by molar-refractivity contribution is 7.19. The van der Waals surface area contributed by atoms with Crippen molar-refractivity contribution in [2.75, 3.05) is 6.54 Å². The van der Waals surface area contributed by atoms with Crippen molar-refractivity contribution < 1.29 is 0 Å². The Labute approximate surface area is 87.1 Å². The van der Waals surface area contributed by atoms with E-state index in [1.54, 1.807) is 11.3 Å². The summed E-state index contributed by atoms with van der Waals surface area (Å²) in [4.78, 5) is 4.49. The predicted molar refractivity (Wildman–Crippen MR) is 62.3 cm³/mol. The second-order valence-electron chi connectivity index (χ2n) is 3.21. The van der Waals surface area contributed by atoms with Crippen molar-refractivity contribution in [2.45, 2.75) is 6.92 Å². The van der Waals surface area contributed by atoms with Crippen molar-refractivity contribution in [3.8, 4) is 0 Å². The number of benzene rings is 1. The number of thiazole rings is 1. The van der Waals surface area contributed by atoms with Crippen LogP contribution >= 0.6 is 11.3 Å². The van der Waals surface area contributed by atoms with Crippen LogP contribution in [-0.4, -0.2) is 11.5 Å². The molecule has 0 atom stereocenters. The second-order valence-corrected chi connectivity index (χ2v) is 4.28. The highest BCUT2D eigenvalue weighted by atomic mass is 32.1. The van der Waals surface area contributed by atoms with Gasteiger partial charge >= 0.3 is 0 Å². The lowest BCUT2D eigenvalue weighted by Gasteiger charge is -1.90. The van der Waals surface area contributed by atoms with Crippen LogP contribution in [-0.2, 0) is 0 Å². The van der Waals surface area contributed by atoms with E-state index in [2.05, 4.69) is 11.1 Å². The van der Waals surface area contributed by atoms with E-state index in [1.807, 2.05) is 31.2 Å². The van der Waals surface area contributed by atoms with Gasteiger partial charge in [-0.25, -0.2) is 4.98 Å². The van der Waals surface area contributed by atoms with Gasteiger partial charge in [0, 0.05) is 6.54 Å². The van der Waals surface area contributed by atoms with Crippen LogP contribution in [0, 0.1) is 0 Å². The van der Waals surface area contributed by atoms with Gasteiger partial charge in [0.25, 0.3) is 0 Å². The highest BCUT2D eigenvalue weighted by Crippen LogP contribution is 2.22. The predicted octanol–water partition coefficient (Wildman–Crippen LogP) is 2.66. The largest absolute Gasteiger partial charge is 0.327 e. The van der Waals surface area contributed by atoms with E-state index in [9.17, 15) is 0 Å². The molecular formula is C11H12N2S. The average Bonchev–Trinajstić information content (AvgIpc) is 2.59. The number of nitrogens with two attached hydrogens (primary N) is 1. The van der Waals surface area contributed by atoms with Crippen LogP contribution in [0.1, 0.15) is 11.9 Å². The molecule has 14 heavy (non-hydrogen) atoms. The van der Waals surface area contributed by atoms with Crippen molar-refractivity contribution in [2.24, 2.45) is 5.73 Å². The number of para-hydroxylation sites is 1. The Morgan fingerprint density at radius 2 is 2.29 bits per heavy atom. The third kappa shape index (κ3) is 1.84. The Morgan fingerprint density at radius 3 is 3.00 bits per heavy atom. The highest BCUT2D eigenvalue weighted by Gasteiger charge is 1.99. The first-order valence-corrected chi connectivity index (χ1v) is 5.34. The maximum Gasteiger partial charge on any atom is 0.117 e. The van der Waals surface area contributed by atoms with Crippen molar-refractivity contribution in [3.05, 3.63) is 34.8 Å². The zero-order valence-electron chi connectivity index (χ0n) is 8.03. The minimum absolute atomic E-state index is 0.593. The lowest BCUT2D eigenvalue weighted by atomic mass is 10.3. The SMILES string of the molecule is C/C(=C/c1nc2ccccc2s1)CN. The molecule has 0 fully saturated rings. The molecule has 1 aromatic heterocycles. The minimum atomic E-state index is 0.593. The molecule has 2 aromatic rings. The molecule has 2 rings (SSSR count). The molecule has 0 spiro atoms. The smallest absolute Gasteiger partial charge is 0.117 e. The summed E-state index contributed by atoms with van der Waals surface area (Å²) in [6.07, 6.45) is 2.05. The maximum atomic E-state index is 5.52. The summed E-state index contributed by atoms with van der Waals surface area (Å²) < 4.78 is 1.23. The van der Waals surface area contributed by atoms with E-state index >= 15 is 0 Å². The minimum Gasteiger partial charge on any atom is -0.327 e. The van der Waals surface area contributed by atoms with Gasteiger partial charge in [-0.1, -0.05) is 17.7 Å². The Balaban J connectivity index is 2.45. The standard InChI is InChI=1S/C11H12N2S/c1-8(7-12)6-11-13-9-4-2-3-5-10(9)14-11/h2-6H,7,12H2,1H3/b8-6-. The summed E-state index contributed by atoms with van der Waals surface area (Å²) in [5.41, 5.74) is 7.74. The molecule has 2 nitrogen and oxygen atoms in total. The third-order valence-corrected chi connectivity index (χ3v) is 2.99. The fraction of sp³-hybridized carbons (Fsp3) is 0.182. The monoisotopic (exact) mass is 204 g/mol. The van der Waals surface area contributed by atoms with Gasteiger partial charge in [0.15, 0.2) is 0 Å². The first-order valence-electron chi connectivity index (χ1n) is 4.52. The number of hydrogen-bond donors (Lipinski definition) is 1. The Hall–Kier alpha value is -1.19. The molecule has 0 saturated carbocycles. The van der Waals surface area contributed by atoms with Gasteiger partial charge in [-0.2, -0.15) is 0 Å². The molecule has 0 unspecified atom stereocenters. The van der Waals surface area contributed by atoms with Crippen LogP contribution < -0.4 is 5.73 Å². The van der Waals surface area contributed by atoms with E-state index in [0.29, 0.717) is 6.54 Å². The molecule has 0 aliphatic rings. The van der Waals surface area contributed by atoms with Gasteiger partial charge < -0.3 is 5.73 Å². The normalized spacial score (nSPS) is 12.3.